The van der Waals surface area contributed by atoms with Crippen LogP contribution in [0.2, 0.25) is 0 Å². The number of hydrogen-bond donors (Lipinski definition) is 2. The molecule has 102 valence electrons. The summed E-state index contributed by atoms with van der Waals surface area (Å²) in [5.74, 6) is 0.561. The van der Waals surface area contributed by atoms with Gasteiger partial charge >= 0.3 is 0 Å². The number of hydrazone groups is 1. The maximum absolute atomic E-state index is 10.8. The fourth-order valence-corrected chi connectivity index (χ4v) is 1.57. The van der Waals surface area contributed by atoms with Crippen LogP contribution in [0.15, 0.2) is 52.2 Å². The molecular weight excluding hydrogens is 280 g/mol. The molecule has 2 aromatic rings. The van der Waals surface area contributed by atoms with Gasteiger partial charge in [-0.2, -0.15) is 5.10 Å². The molecule has 0 saturated carbocycles. The van der Waals surface area contributed by atoms with Crippen molar-refractivity contribution in [1.82, 2.24) is 5.43 Å². The van der Waals surface area contributed by atoms with Crippen molar-refractivity contribution >= 4 is 34.9 Å². The van der Waals surface area contributed by atoms with E-state index in [1.807, 2.05) is 0 Å². The van der Waals surface area contributed by atoms with Crippen molar-refractivity contribution in [2.24, 2.45) is 5.10 Å². The number of furan rings is 1. The minimum atomic E-state index is -0.489. The highest BCUT2D eigenvalue weighted by molar-refractivity contribution is 7.80. The SMILES string of the molecule is O=[N+]([O-])c1ccccc1NC(=S)N/N=C\c1ccco1. The molecule has 0 spiro atoms. The second kappa shape index (κ2) is 6.43. The first-order chi connectivity index (χ1) is 9.66. The number of nitro groups is 1. The van der Waals surface area contributed by atoms with Gasteiger partial charge in [-0.25, -0.2) is 0 Å². The van der Waals surface area contributed by atoms with Crippen LogP contribution < -0.4 is 10.7 Å². The van der Waals surface area contributed by atoms with E-state index in [2.05, 4.69) is 15.8 Å². The van der Waals surface area contributed by atoms with Gasteiger partial charge < -0.3 is 9.73 Å². The average Bonchev–Trinajstić information content (AvgIpc) is 2.92. The number of nitro benzene ring substituents is 1. The monoisotopic (exact) mass is 290 g/mol. The molecule has 0 aliphatic rings. The zero-order valence-corrected chi connectivity index (χ0v) is 11.0. The van der Waals surface area contributed by atoms with Crippen LogP contribution in [0, 0.1) is 10.1 Å². The summed E-state index contributed by atoms with van der Waals surface area (Å²) in [6.45, 7) is 0. The van der Waals surface area contributed by atoms with Crippen LogP contribution in [-0.2, 0) is 0 Å². The molecule has 1 aromatic carbocycles. The second-order valence-corrected chi connectivity index (χ2v) is 4.02. The Kier molecular flexibility index (Phi) is 4.40. The van der Waals surface area contributed by atoms with Gasteiger partial charge in [0.2, 0.25) is 0 Å². The molecular formula is C12H10N4O3S. The first-order valence-electron chi connectivity index (χ1n) is 5.54. The van der Waals surface area contributed by atoms with Gasteiger partial charge in [0.15, 0.2) is 5.11 Å². The lowest BCUT2D eigenvalue weighted by Crippen LogP contribution is -2.24. The zero-order valence-electron chi connectivity index (χ0n) is 10.1. The first kappa shape index (κ1) is 13.7. The van der Waals surface area contributed by atoms with E-state index in [1.54, 1.807) is 30.3 Å². The van der Waals surface area contributed by atoms with E-state index in [-0.39, 0.29) is 10.8 Å². The molecule has 20 heavy (non-hydrogen) atoms. The molecule has 0 aliphatic carbocycles. The van der Waals surface area contributed by atoms with Crippen LogP contribution in [0.4, 0.5) is 11.4 Å². The van der Waals surface area contributed by atoms with Crippen molar-refractivity contribution in [3.63, 3.8) is 0 Å². The quantitative estimate of drug-likeness (QED) is 0.389. The minimum absolute atomic E-state index is 0.0633. The number of thiocarbonyl (C=S) groups is 1. The van der Waals surface area contributed by atoms with Crippen molar-refractivity contribution in [2.45, 2.75) is 0 Å². The Morgan fingerprint density at radius 1 is 1.35 bits per heavy atom. The summed E-state index contributed by atoms with van der Waals surface area (Å²) in [4.78, 5) is 10.3. The summed E-state index contributed by atoms with van der Waals surface area (Å²) >= 11 is 4.99. The smallest absolute Gasteiger partial charge is 0.292 e. The second-order valence-electron chi connectivity index (χ2n) is 3.61. The highest BCUT2D eigenvalue weighted by Crippen LogP contribution is 2.22. The fourth-order valence-electron chi connectivity index (χ4n) is 1.41. The minimum Gasteiger partial charge on any atom is -0.463 e. The highest BCUT2D eigenvalue weighted by atomic mass is 32.1. The maximum atomic E-state index is 10.8. The normalized spacial score (nSPS) is 10.4. The van der Waals surface area contributed by atoms with Gasteiger partial charge in [0.25, 0.3) is 5.69 Å². The largest absolute Gasteiger partial charge is 0.463 e. The van der Waals surface area contributed by atoms with Crippen LogP contribution in [0.5, 0.6) is 0 Å². The van der Waals surface area contributed by atoms with Crippen molar-refractivity contribution in [1.29, 1.82) is 0 Å². The Morgan fingerprint density at radius 2 is 2.15 bits per heavy atom. The predicted molar refractivity (Wildman–Crippen MR) is 78.8 cm³/mol. The number of hydrogen-bond acceptors (Lipinski definition) is 5. The van der Waals surface area contributed by atoms with E-state index in [1.165, 1.54) is 18.5 Å². The Bertz CT molecular complexity index is 640. The lowest BCUT2D eigenvalue weighted by molar-refractivity contribution is -0.383. The van der Waals surface area contributed by atoms with Crippen molar-refractivity contribution < 1.29 is 9.34 Å². The summed E-state index contributed by atoms with van der Waals surface area (Å²) in [7, 11) is 0. The van der Waals surface area contributed by atoms with Gasteiger partial charge in [-0.3, -0.25) is 15.5 Å². The molecule has 1 heterocycles. The van der Waals surface area contributed by atoms with E-state index in [9.17, 15) is 10.1 Å². The topological polar surface area (TPSA) is 92.7 Å². The van der Waals surface area contributed by atoms with Gasteiger partial charge in [0.1, 0.15) is 11.4 Å². The van der Waals surface area contributed by atoms with Gasteiger partial charge in [-0.15, -0.1) is 0 Å². The summed E-state index contributed by atoms with van der Waals surface area (Å²) in [5, 5.41) is 17.5. The number of rotatable bonds is 4. The van der Waals surface area contributed by atoms with Gasteiger partial charge in [0.05, 0.1) is 17.4 Å². The predicted octanol–water partition coefficient (Wildman–Crippen LogP) is 2.51. The number of benzene rings is 1. The third-order valence-corrected chi connectivity index (χ3v) is 2.44. The van der Waals surface area contributed by atoms with Crippen LogP contribution in [-0.4, -0.2) is 16.3 Å². The molecule has 8 heteroatoms. The number of anilines is 1. The van der Waals surface area contributed by atoms with Crippen LogP contribution in [0.1, 0.15) is 5.76 Å². The molecule has 0 fully saturated rings. The first-order valence-corrected chi connectivity index (χ1v) is 5.94. The van der Waals surface area contributed by atoms with E-state index >= 15 is 0 Å². The standard InChI is InChI=1S/C12H10N4O3S/c17-16(18)11-6-2-1-5-10(11)14-12(20)15-13-8-9-4-3-7-19-9/h1-8H,(H2,14,15,20)/b13-8-. The van der Waals surface area contributed by atoms with Crippen molar-refractivity contribution in [3.05, 3.63) is 58.5 Å². The molecule has 0 atom stereocenters. The zero-order chi connectivity index (χ0) is 14.4. The molecule has 0 radical (unpaired) electrons. The average molecular weight is 290 g/mol. The van der Waals surface area contributed by atoms with Gasteiger partial charge in [0, 0.05) is 6.07 Å². The Hall–Kier alpha value is -2.74. The summed E-state index contributed by atoms with van der Waals surface area (Å²) in [6.07, 6.45) is 2.96. The third kappa shape index (κ3) is 3.62. The fraction of sp³-hybridized carbons (Fsp3) is 0. The Labute approximate surface area is 119 Å². The van der Waals surface area contributed by atoms with E-state index < -0.39 is 4.92 Å². The van der Waals surface area contributed by atoms with Crippen molar-refractivity contribution in [2.75, 3.05) is 5.32 Å². The van der Waals surface area contributed by atoms with Gasteiger partial charge in [-0.1, -0.05) is 12.1 Å². The summed E-state index contributed by atoms with van der Waals surface area (Å²) in [6, 6.07) is 9.65. The van der Waals surface area contributed by atoms with Gasteiger partial charge in [-0.05, 0) is 30.4 Å². The summed E-state index contributed by atoms with van der Waals surface area (Å²) < 4.78 is 5.04. The maximum Gasteiger partial charge on any atom is 0.292 e. The molecule has 7 nitrogen and oxygen atoms in total. The van der Waals surface area contributed by atoms with E-state index in [4.69, 9.17) is 16.6 Å². The molecule has 0 unspecified atom stereocenters. The molecule has 0 bridgehead atoms. The molecule has 0 saturated heterocycles. The molecule has 0 aliphatic heterocycles. The van der Waals surface area contributed by atoms with E-state index in [0.29, 0.717) is 11.4 Å². The van der Waals surface area contributed by atoms with E-state index in [0.717, 1.165) is 0 Å². The molecule has 2 N–H and O–H groups in total. The highest BCUT2D eigenvalue weighted by Gasteiger charge is 2.12. The molecule has 1 aromatic heterocycles. The number of nitrogens with one attached hydrogen (secondary N) is 2. The van der Waals surface area contributed by atoms with Crippen molar-refractivity contribution in [3.8, 4) is 0 Å². The number of nitrogens with zero attached hydrogens (tertiary/aromatic N) is 2. The lowest BCUT2D eigenvalue weighted by Gasteiger charge is -2.06. The lowest BCUT2D eigenvalue weighted by atomic mass is 10.3. The third-order valence-electron chi connectivity index (χ3n) is 2.25. The Morgan fingerprint density at radius 3 is 2.85 bits per heavy atom. The van der Waals surface area contributed by atoms with Crippen LogP contribution >= 0.6 is 12.2 Å². The summed E-state index contributed by atoms with van der Waals surface area (Å²) in [5.41, 5.74) is 2.77. The Balaban J connectivity index is 1.96. The number of para-hydroxylation sites is 2. The van der Waals surface area contributed by atoms with Crippen LogP contribution in [0.25, 0.3) is 0 Å². The molecule has 2 rings (SSSR count). The van der Waals surface area contributed by atoms with Crippen LogP contribution in [0.3, 0.4) is 0 Å². The molecule has 0 amide bonds.